The predicted molar refractivity (Wildman–Crippen MR) is 112 cm³/mol. The highest BCUT2D eigenvalue weighted by Gasteiger charge is 2.52. The van der Waals surface area contributed by atoms with E-state index in [0.29, 0.717) is 5.75 Å². The number of phenolic OH excluding ortho intramolecular Hbond substituents is 1. The van der Waals surface area contributed by atoms with Crippen molar-refractivity contribution in [3.05, 3.63) is 53.6 Å². The van der Waals surface area contributed by atoms with Crippen molar-refractivity contribution in [3.63, 3.8) is 0 Å². The summed E-state index contributed by atoms with van der Waals surface area (Å²) in [6.07, 6.45) is 8.16. The minimum absolute atomic E-state index is 0.0777. The van der Waals surface area contributed by atoms with E-state index in [2.05, 4.69) is 57.2 Å². The van der Waals surface area contributed by atoms with E-state index in [4.69, 9.17) is 0 Å². The molecule has 4 aliphatic rings. The van der Waals surface area contributed by atoms with Crippen LogP contribution in [0, 0.1) is 17.8 Å². The lowest BCUT2D eigenvalue weighted by Gasteiger charge is -2.57. The van der Waals surface area contributed by atoms with Crippen molar-refractivity contribution in [2.75, 3.05) is 0 Å². The third-order valence-electron chi connectivity index (χ3n) is 7.67. The van der Waals surface area contributed by atoms with Crippen LogP contribution in [0.5, 0.6) is 5.75 Å². The van der Waals surface area contributed by atoms with E-state index in [9.17, 15) is 5.11 Å². The van der Waals surface area contributed by atoms with Crippen molar-refractivity contribution < 1.29 is 5.11 Å². The molecule has 0 unspecified atom stereocenters. The van der Waals surface area contributed by atoms with E-state index >= 15 is 0 Å². The zero-order chi connectivity index (χ0) is 18.8. The van der Waals surface area contributed by atoms with Crippen LogP contribution < -0.4 is 0 Å². The number of hydrogen-bond acceptors (Lipinski definition) is 1. The second-order valence-corrected chi connectivity index (χ2v) is 10.7. The Morgan fingerprint density at radius 1 is 0.852 bits per heavy atom. The van der Waals surface area contributed by atoms with Crippen molar-refractivity contribution in [2.45, 2.75) is 70.1 Å². The lowest BCUT2D eigenvalue weighted by Crippen LogP contribution is -2.48. The number of rotatable bonds is 2. The molecule has 2 aromatic carbocycles. The topological polar surface area (TPSA) is 20.2 Å². The largest absolute Gasteiger partial charge is 0.507 e. The first-order chi connectivity index (χ1) is 12.8. The lowest BCUT2D eigenvalue weighted by molar-refractivity contribution is -0.00615. The summed E-state index contributed by atoms with van der Waals surface area (Å²) in [5.74, 6) is 3.20. The summed E-state index contributed by atoms with van der Waals surface area (Å²) in [4.78, 5) is 0. The molecule has 4 fully saturated rings. The van der Waals surface area contributed by atoms with Crippen LogP contribution in [-0.4, -0.2) is 5.11 Å². The highest BCUT2D eigenvalue weighted by molar-refractivity contribution is 5.74. The molecule has 1 nitrogen and oxygen atoms in total. The van der Waals surface area contributed by atoms with Crippen LogP contribution in [0.2, 0.25) is 0 Å². The molecule has 0 atom stereocenters. The molecule has 4 aliphatic carbocycles. The van der Waals surface area contributed by atoms with Gasteiger partial charge in [0.1, 0.15) is 5.75 Å². The van der Waals surface area contributed by atoms with E-state index in [-0.39, 0.29) is 10.8 Å². The molecular formula is C26H32O. The third kappa shape index (κ3) is 2.82. The molecule has 1 N–H and O–H groups in total. The van der Waals surface area contributed by atoms with E-state index in [1.54, 1.807) is 0 Å². The second-order valence-electron chi connectivity index (χ2n) is 10.7. The first kappa shape index (κ1) is 17.3. The van der Waals surface area contributed by atoms with E-state index in [1.807, 2.05) is 6.07 Å². The Labute approximate surface area is 163 Å². The Hall–Kier alpha value is -1.76. The average molecular weight is 361 g/mol. The van der Waals surface area contributed by atoms with Crippen molar-refractivity contribution >= 4 is 0 Å². The van der Waals surface area contributed by atoms with Gasteiger partial charge in [-0.25, -0.2) is 0 Å². The molecule has 142 valence electrons. The Kier molecular flexibility index (Phi) is 3.77. The van der Waals surface area contributed by atoms with E-state index in [0.717, 1.165) is 28.9 Å². The van der Waals surface area contributed by atoms with Crippen molar-refractivity contribution in [1.29, 1.82) is 0 Å². The molecule has 2 aromatic rings. The summed E-state index contributed by atoms with van der Waals surface area (Å²) in [5.41, 5.74) is 5.05. The van der Waals surface area contributed by atoms with Gasteiger partial charge in [-0.2, -0.15) is 0 Å². The van der Waals surface area contributed by atoms with Gasteiger partial charge < -0.3 is 5.11 Å². The molecular weight excluding hydrogens is 328 g/mol. The molecule has 0 amide bonds. The first-order valence-electron chi connectivity index (χ1n) is 10.8. The number of hydrogen-bond donors (Lipinski definition) is 1. The van der Waals surface area contributed by atoms with Gasteiger partial charge in [-0.15, -0.1) is 0 Å². The maximum Gasteiger partial charge on any atom is 0.127 e. The van der Waals surface area contributed by atoms with Gasteiger partial charge >= 0.3 is 0 Å². The van der Waals surface area contributed by atoms with Gasteiger partial charge in [0.15, 0.2) is 0 Å². The smallest absolute Gasteiger partial charge is 0.127 e. The maximum absolute atomic E-state index is 11.5. The molecule has 0 spiro atoms. The molecule has 0 aromatic heterocycles. The zero-order valence-corrected chi connectivity index (χ0v) is 17.0. The number of benzene rings is 2. The third-order valence-corrected chi connectivity index (χ3v) is 7.67. The van der Waals surface area contributed by atoms with Crippen molar-refractivity contribution in [3.8, 4) is 16.9 Å². The Morgan fingerprint density at radius 2 is 1.41 bits per heavy atom. The fraction of sp³-hybridized carbons (Fsp3) is 0.538. The van der Waals surface area contributed by atoms with Crippen molar-refractivity contribution in [1.82, 2.24) is 0 Å². The van der Waals surface area contributed by atoms with Crippen LogP contribution >= 0.6 is 0 Å². The fourth-order valence-electron chi connectivity index (χ4n) is 6.75. The molecule has 6 rings (SSSR count). The monoisotopic (exact) mass is 360 g/mol. The number of aromatic hydroxyl groups is 1. The normalized spacial score (nSPS) is 32.0. The summed E-state index contributed by atoms with van der Waals surface area (Å²) < 4.78 is 0. The SMILES string of the molecule is CC(C)(C)c1cc(-c2ccccc2)c(O)c(C23CC4CC(CC(C4)C2)C3)c1. The van der Waals surface area contributed by atoms with Crippen LogP contribution in [0.4, 0.5) is 0 Å². The molecule has 0 saturated heterocycles. The van der Waals surface area contributed by atoms with Gasteiger partial charge in [0.25, 0.3) is 0 Å². The van der Waals surface area contributed by atoms with Crippen LogP contribution in [0.1, 0.15) is 70.4 Å². The lowest BCUT2D eigenvalue weighted by atomic mass is 9.47. The quantitative estimate of drug-likeness (QED) is 0.622. The summed E-state index contributed by atoms with van der Waals surface area (Å²) in [7, 11) is 0. The average Bonchev–Trinajstić information content (AvgIpc) is 2.60. The Balaban J connectivity index is 1.70. The van der Waals surface area contributed by atoms with Gasteiger partial charge in [0.2, 0.25) is 0 Å². The molecule has 1 heteroatoms. The summed E-state index contributed by atoms with van der Waals surface area (Å²) in [6.45, 7) is 6.87. The zero-order valence-electron chi connectivity index (χ0n) is 17.0. The molecule has 27 heavy (non-hydrogen) atoms. The molecule has 4 saturated carbocycles. The summed E-state index contributed by atoms with van der Waals surface area (Å²) in [5, 5.41) is 11.5. The van der Waals surface area contributed by atoms with Gasteiger partial charge in [-0.05, 0) is 84.3 Å². The second kappa shape index (κ2) is 5.87. The fourth-order valence-corrected chi connectivity index (χ4v) is 6.75. The van der Waals surface area contributed by atoms with Crippen LogP contribution in [0.3, 0.4) is 0 Å². The van der Waals surface area contributed by atoms with Crippen LogP contribution in [0.25, 0.3) is 11.1 Å². The van der Waals surface area contributed by atoms with E-state index in [1.165, 1.54) is 49.7 Å². The van der Waals surface area contributed by atoms with Gasteiger partial charge in [-0.1, -0.05) is 57.2 Å². The molecule has 0 aliphatic heterocycles. The van der Waals surface area contributed by atoms with Gasteiger partial charge in [-0.3, -0.25) is 0 Å². The summed E-state index contributed by atoms with van der Waals surface area (Å²) >= 11 is 0. The van der Waals surface area contributed by atoms with Crippen LogP contribution in [0.15, 0.2) is 42.5 Å². The highest BCUT2D eigenvalue weighted by atomic mass is 16.3. The first-order valence-corrected chi connectivity index (χ1v) is 10.8. The highest BCUT2D eigenvalue weighted by Crippen LogP contribution is 2.62. The van der Waals surface area contributed by atoms with Gasteiger partial charge in [0.05, 0.1) is 0 Å². The predicted octanol–water partition coefficient (Wildman–Crippen LogP) is 6.82. The van der Waals surface area contributed by atoms with Gasteiger partial charge in [0, 0.05) is 11.1 Å². The standard InChI is InChI=1S/C26H32O/c1-25(2,3)21-12-22(20-7-5-4-6-8-20)24(27)23(13-21)26-14-17-9-18(15-26)11-19(10-17)16-26/h4-8,12-13,17-19,27H,9-11,14-16H2,1-3H3. The Bertz CT molecular complexity index is 820. The molecule has 0 radical (unpaired) electrons. The van der Waals surface area contributed by atoms with Crippen molar-refractivity contribution in [2.24, 2.45) is 17.8 Å². The van der Waals surface area contributed by atoms with Crippen LogP contribution in [-0.2, 0) is 10.8 Å². The number of phenols is 1. The minimum atomic E-state index is 0.0777. The van der Waals surface area contributed by atoms with E-state index < -0.39 is 0 Å². The Morgan fingerprint density at radius 3 is 1.93 bits per heavy atom. The maximum atomic E-state index is 11.5. The molecule has 4 bridgehead atoms. The summed E-state index contributed by atoms with van der Waals surface area (Å²) in [6, 6.07) is 15.1. The molecule has 0 heterocycles. The minimum Gasteiger partial charge on any atom is -0.507 e.